The van der Waals surface area contributed by atoms with E-state index in [9.17, 15) is 4.91 Å². The number of hydrogen-bond donors (Lipinski definition) is 2. The number of hydrogen-bond acceptors (Lipinski definition) is 6. The molecule has 1 rings (SSSR count). The van der Waals surface area contributed by atoms with Crippen molar-refractivity contribution in [2.24, 2.45) is 15.9 Å². The largest absolute Gasteiger partial charge is 0.477 e. The number of aliphatic imine (C=N–C) groups is 1. The van der Waals surface area contributed by atoms with Gasteiger partial charge in [-0.15, -0.1) is 4.91 Å². The molecule has 0 aliphatic heterocycles. The quantitative estimate of drug-likeness (QED) is 0.410. The molecule has 106 valence electrons. The first-order valence-electron chi connectivity index (χ1n) is 5.96. The molecule has 0 amide bonds. The second kappa shape index (κ2) is 7.73. The van der Waals surface area contributed by atoms with Crippen molar-refractivity contribution in [3.63, 3.8) is 0 Å². The van der Waals surface area contributed by atoms with E-state index in [0.29, 0.717) is 24.6 Å². The average molecular weight is 274 g/mol. The Balaban J connectivity index is 2.49. The van der Waals surface area contributed by atoms with E-state index in [1.165, 1.54) is 0 Å². The van der Waals surface area contributed by atoms with Crippen LogP contribution in [0.5, 0.6) is 0 Å². The number of nitrogens with one attached hydrogen (secondary N) is 1. The van der Waals surface area contributed by atoms with Crippen molar-refractivity contribution >= 4 is 12.4 Å². The number of benzene rings is 1. The molecule has 0 heterocycles. The predicted octanol–water partition coefficient (Wildman–Crippen LogP) is 2.20. The second-order valence-corrected chi connectivity index (χ2v) is 4.18. The Bertz CT molecular complexity index is 496. The summed E-state index contributed by atoms with van der Waals surface area (Å²) in [7, 11) is 0. The first kappa shape index (κ1) is 15.4. The van der Waals surface area contributed by atoms with Crippen molar-refractivity contribution in [1.29, 1.82) is 0 Å². The third-order valence-corrected chi connectivity index (χ3v) is 2.52. The molecule has 6 heteroatoms. The fourth-order valence-electron chi connectivity index (χ4n) is 1.55. The van der Waals surface area contributed by atoms with Crippen molar-refractivity contribution in [2.75, 3.05) is 6.61 Å². The Morgan fingerprint density at radius 3 is 2.50 bits per heavy atom. The fourth-order valence-corrected chi connectivity index (χ4v) is 1.55. The molecule has 0 saturated carbocycles. The summed E-state index contributed by atoms with van der Waals surface area (Å²) in [4.78, 5) is 14.3. The summed E-state index contributed by atoms with van der Waals surface area (Å²) in [5.41, 5.74) is 6.78. The van der Waals surface area contributed by atoms with Crippen LogP contribution in [-0.4, -0.2) is 19.4 Å². The molecular formula is C14H18N4O2. The molecule has 0 aliphatic rings. The highest BCUT2D eigenvalue weighted by molar-refractivity contribution is 5.38. The van der Waals surface area contributed by atoms with Crippen molar-refractivity contribution in [1.82, 2.24) is 5.32 Å². The average Bonchev–Trinajstić information content (AvgIpc) is 2.43. The van der Waals surface area contributed by atoms with Gasteiger partial charge in [0.05, 0.1) is 11.9 Å². The lowest BCUT2D eigenvalue weighted by Crippen LogP contribution is -2.23. The molecule has 0 spiro atoms. The van der Waals surface area contributed by atoms with Gasteiger partial charge in [-0.05, 0) is 42.6 Å². The van der Waals surface area contributed by atoms with E-state index in [4.69, 9.17) is 10.5 Å². The van der Waals surface area contributed by atoms with E-state index in [0.717, 1.165) is 5.56 Å². The Morgan fingerprint density at radius 1 is 1.35 bits per heavy atom. The molecule has 1 aromatic carbocycles. The maximum absolute atomic E-state index is 10.3. The Labute approximate surface area is 118 Å². The summed E-state index contributed by atoms with van der Waals surface area (Å²) in [6.07, 6.45) is 0.638. The minimum Gasteiger partial charge on any atom is -0.477 e. The van der Waals surface area contributed by atoms with Gasteiger partial charge in [-0.3, -0.25) is 4.99 Å². The van der Waals surface area contributed by atoms with Crippen LogP contribution in [0.2, 0.25) is 0 Å². The first-order chi connectivity index (χ1) is 9.55. The lowest BCUT2D eigenvalue weighted by atomic mass is 10.1. The number of nitroso groups, excluding NO2 is 1. The number of nitrogens with zero attached hydrogens (tertiary/aromatic N) is 2. The van der Waals surface area contributed by atoms with Gasteiger partial charge in [0.2, 0.25) is 0 Å². The topological polar surface area (TPSA) is 89.1 Å². The zero-order valence-corrected chi connectivity index (χ0v) is 11.2. The van der Waals surface area contributed by atoms with Crippen LogP contribution in [0.1, 0.15) is 5.56 Å². The lowest BCUT2D eigenvalue weighted by molar-refractivity contribution is 0.180. The number of nitrogens with two attached hydrogens (primary N) is 1. The van der Waals surface area contributed by atoms with Gasteiger partial charge in [0.15, 0.2) is 5.88 Å². The highest BCUT2D eigenvalue weighted by Crippen LogP contribution is 2.14. The van der Waals surface area contributed by atoms with Crippen molar-refractivity contribution < 1.29 is 4.74 Å². The molecule has 0 bridgehead atoms. The zero-order chi connectivity index (χ0) is 15.0. The van der Waals surface area contributed by atoms with Gasteiger partial charge in [-0.25, -0.2) is 0 Å². The van der Waals surface area contributed by atoms with E-state index in [1.54, 1.807) is 12.1 Å². The molecular weight excluding hydrogens is 256 g/mol. The van der Waals surface area contributed by atoms with Crippen LogP contribution in [0, 0.1) is 4.91 Å². The van der Waals surface area contributed by atoms with Crippen LogP contribution in [0.25, 0.3) is 0 Å². The minimum absolute atomic E-state index is 0.130. The molecule has 0 fully saturated rings. The molecule has 20 heavy (non-hydrogen) atoms. The molecule has 0 aliphatic carbocycles. The molecule has 0 aromatic heterocycles. The maximum atomic E-state index is 10.3. The van der Waals surface area contributed by atoms with Crippen LogP contribution in [-0.2, 0) is 11.2 Å². The van der Waals surface area contributed by atoms with E-state index >= 15 is 0 Å². The fraction of sp³-hybridized carbons (Fsp3) is 0.214. The lowest BCUT2D eigenvalue weighted by Gasteiger charge is -2.15. The molecule has 6 nitrogen and oxygen atoms in total. The van der Waals surface area contributed by atoms with Crippen molar-refractivity contribution in [3.8, 4) is 0 Å². The highest BCUT2D eigenvalue weighted by Gasteiger charge is 2.09. The van der Waals surface area contributed by atoms with Gasteiger partial charge < -0.3 is 15.8 Å². The van der Waals surface area contributed by atoms with Gasteiger partial charge in [0.25, 0.3) is 0 Å². The first-order valence-corrected chi connectivity index (χ1v) is 5.96. The molecule has 0 saturated heterocycles. The van der Waals surface area contributed by atoms with Crippen LogP contribution >= 0.6 is 0 Å². The van der Waals surface area contributed by atoms with E-state index in [2.05, 4.69) is 35.4 Å². The zero-order valence-electron chi connectivity index (χ0n) is 11.2. The van der Waals surface area contributed by atoms with Crippen LogP contribution in [0.3, 0.4) is 0 Å². The second-order valence-electron chi connectivity index (χ2n) is 4.18. The third-order valence-electron chi connectivity index (χ3n) is 2.52. The van der Waals surface area contributed by atoms with Gasteiger partial charge in [-0.2, -0.15) is 0 Å². The Morgan fingerprint density at radius 2 is 2.00 bits per heavy atom. The van der Waals surface area contributed by atoms with Crippen LogP contribution in [0.4, 0.5) is 5.69 Å². The normalized spacial score (nSPS) is 11.2. The van der Waals surface area contributed by atoms with Gasteiger partial charge in [-0.1, -0.05) is 18.7 Å². The number of ether oxygens (including phenoxy) is 1. The van der Waals surface area contributed by atoms with Crippen LogP contribution < -0.4 is 11.1 Å². The van der Waals surface area contributed by atoms with Gasteiger partial charge in [0, 0.05) is 0 Å². The minimum atomic E-state index is -0.130. The third kappa shape index (κ3) is 5.34. The Kier molecular flexibility index (Phi) is 5.96. The Hall–Kier alpha value is -2.63. The molecule has 1 atom stereocenters. The summed E-state index contributed by atoms with van der Waals surface area (Å²) < 4.78 is 5.37. The molecule has 1 unspecified atom stereocenters. The van der Waals surface area contributed by atoms with E-state index in [-0.39, 0.29) is 11.9 Å². The van der Waals surface area contributed by atoms with Gasteiger partial charge in [0.1, 0.15) is 12.3 Å². The smallest absolute Gasteiger partial charge is 0.184 e. The maximum Gasteiger partial charge on any atom is 0.184 e. The standard InChI is InChI=1S/C14H18N4O2/c1-10(15)17-11(2)20-9-14(16-3)8-12-4-6-13(18-19)7-5-12/h4-7,14,17H,1-3,8-9,15H2. The summed E-state index contributed by atoms with van der Waals surface area (Å²) >= 11 is 0. The highest BCUT2D eigenvalue weighted by atomic mass is 16.5. The monoisotopic (exact) mass is 274 g/mol. The van der Waals surface area contributed by atoms with E-state index < -0.39 is 0 Å². The van der Waals surface area contributed by atoms with E-state index in [1.807, 2.05) is 12.1 Å². The SMILES string of the molecule is C=NC(COC(=C)NC(=C)N)Cc1ccc(N=O)cc1. The molecule has 3 N–H and O–H groups in total. The summed E-state index contributed by atoms with van der Waals surface area (Å²) in [5, 5.41) is 5.51. The molecule has 1 aromatic rings. The van der Waals surface area contributed by atoms with Crippen LogP contribution in [0.15, 0.2) is 59.3 Å². The number of rotatable bonds is 9. The van der Waals surface area contributed by atoms with Gasteiger partial charge >= 0.3 is 0 Å². The van der Waals surface area contributed by atoms with Crippen molar-refractivity contribution in [2.45, 2.75) is 12.5 Å². The molecule has 0 radical (unpaired) electrons. The summed E-state index contributed by atoms with van der Waals surface area (Å²) in [5.74, 6) is 0.571. The summed E-state index contributed by atoms with van der Waals surface area (Å²) in [6.45, 7) is 11.0. The van der Waals surface area contributed by atoms with Crippen molar-refractivity contribution in [3.05, 3.63) is 59.6 Å². The predicted molar refractivity (Wildman–Crippen MR) is 80.5 cm³/mol. The summed E-state index contributed by atoms with van der Waals surface area (Å²) in [6, 6.07) is 6.83.